The lowest BCUT2D eigenvalue weighted by Crippen LogP contribution is -1.67. The van der Waals surface area contributed by atoms with Gasteiger partial charge in [-0.3, -0.25) is 0 Å². The Hall–Kier alpha value is -4.16. The molecule has 0 aliphatic heterocycles. The minimum absolute atomic E-state index is 1.31. The van der Waals surface area contributed by atoms with Crippen LogP contribution in [0.1, 0.15) is 166 Å². The van der Waals surface area contributed by atoms with Gasteiger partial charge in [-0.1, -0.05) is 336 Å². The van der Waals surface area contributed by atoms with Crippen molar-refractivity contribution in [2.24, 2.45) is 0 Å². The summed E-state index contributed by atoms with van der Waals surface area (Å²) in [6.07, 6.45) is 0. The molecule has 0 saturated heterocycles. The zero-order chi connectivity index (χ0) is 46.1. The molecule has 6 rings (SSSR count). The molecule has 0 fully saturated rings. The smallest absolute Gasteiger partial charge is 0.0184 e. The van der Waals surface area contributed by atoms with Gasteiger partial charge in [0.25, 0.3) is 0 Å². The van der Waals surface area contributed by atoms with E-state index in [-0.39, 0.29) is 0 Å². The maximum atomic E-state index is 2.12. The van der Waals surface area contributed by atoms with E-state index in [9.17, 15) is 0 Å². The fourth-order valence-corrected chi connectivity index (χ4v) is 3.04. The molecule has 0 radical (unpaired) electrons. The largest absolute Gasteiger partial charge is 0.0683 e. The highest BCUT2D eigenvalue weighted by atomic mass is 13.9. The predicted octanol–water partition coefficient (Wildman–Crippen LogP) is 21.4. The first-order valence-electron chi connectivity index (χ1n) is 22.8. The molecule has 0 nitrogen and oxygen atoms in total. The molecule has 0 amide bonds. The van der Waals surface area contributed by atoms with Gasteiger partial charge in [0.15, 0.2) is 0 Å². The van der Waals surface area contributed by atoms with Crippen molar-refractivity contribution in [3.63, 3.8) is 0 Å². The van der Waals surface area contributed by atoms with Crippen molar-refractivity contribution in [3.05, 3.63) is 170 Å². The third-order valence-corrected chi connectivity index (χ3v) is 4.65. The summed E-state index contributed by atoms with van der Waals surface area (Å²) in [7, 11) is 0. The van der Waals surface area contributed by atoms with Crippen molar-refractivity contribution < 1.29 is 0 Å². The minimum atomic E-state index is 1.31. The quantitative estimate of drug-likeness (QED) is 0.144. The molecule has 6 aromatic carbocycles. The van der Waals surface area contributed by atoms with Gasteiger partial charge in [0.2, 0.25) is 0 Å². The second-order valence-electron chi connectivity index (χ2n) is 7.00. The van der Waals surface area contributed by atoms with Crippen LogP contribution in [0.25, 0.3) is 21.5 Å². The van der Waals surface area contributed by atoms with Crippen LogP contribution in [0.3, 0.4) is 0 Å². The van der Waals surface area contributed by atoms with E-state index < -0.39 is 0 Å². The van der Waals surface area contributed by atoms with Gasteiger partial charge in [-0.05, 0) is 21.5 Å². The lowest BCUT2D eigenvalue weighted by atomic mass is 10.1. The average molecular weight is 773 g/mol. The fourth-order valence-electron chi connectivity index (χ4n) is 3.04. The minimum Gasteiger partial charge on any atom is -0.0683 e. The molecule has 0 heterocycles. The molecule has 0 aromatic heterocycles. The molecule has 0 spiro atoms. The third kappa shape index (κ3) is 61.9. The first-order chi connectivity index (χ1) is 27.9. The van der Waals surface area contributed by atoms with Crippen molar-refractivity contribution in [2.45, 2.75) is 166 Å². The molecule has 0 aliphatic rings. The molecular weight excluding hydrogens is 673 g/mol. The Bertz CT molecular complexity index is 971. The van der Waals surface area contributed by atoms with E-state index in [1.54, 1.807) is 0 Å². The zero-order valence-corrected chi connectivity index (χ0v) is 42.2. The summed E-state index contributed by atoms with van der Waals surface area (Å²) < 4.78 is 0. The number of hydrogen-bond donors (Lipinski definition) is 0. The van der Waals surface area contributed by atoms with Gasteiger partial charge < -0.3 is 0 Å². The van der Waals surface area contributed by atoms with E-state index in [0.717, 1.165) is 0 Å². The normalized spacial score (nSPS) is 6.57. The van der Waals surface area contributed by atoms with Crippen molar-refractivity contribution in [1.29, 1.82) is 0 Å². The number of fused-ring (bicyclic) bond motifs is 2. The first-order valence-corrected chi connectivity index (χ1v) is 22.8. The average Bonchev–Trinajstić information content (AvgIpc) is 3.38. The zero-order valence-electron chi connectivity index (χ0n) is 42.2. The molecule has 0 aliphatic carbocycles. The van der Waals surface area contributed by atoms with Crippen LogP contribution < -0.4 is 0 Å². The molecular formula is C56H100. The summed E-state index contributed by atoms with van der Waals surface area (Å²) in [5, 5.41) is 5.24. The highest BCUT2D eigenvalue weighted by Gasteiger charge is 1.86. The summed E-state index contributed by atoms with van der Waals surface area (Å²) >= 11 is 0. The van der Waals surface area contributed by atoms with E-state index >= 15 is 0 Å². The van der Waals surface area contributed by atoms with Gasteiger partial charge in [-0.15, -0.1) is 0 Å². The van der Waals surface area contributed by atoms with Crippen LogP contribution in [0, 0.1) is 0 Å². The van der Waals surface area contributed by atoms with Crippen LogP contribution >= 0.6 is 0 Å². The standard InChI is InChI=1S/2C10H8.2C6H6.12C2H6/c2*1-2-6-10-8-4-3-7-9(10)5-1;2*1-2-4-6-5-3-1;12*1-2/h2*1-8H;2*1-6H;12*1-2H3. The molecule has 0 heteroatoms. The maximum Gasteiger partial charge on any atom is -0.0184 e. The second-order valence-corrected chi connectivity index (χ2v) is 7.00. The van der Waals surface area contributed by atoms with Crippen molar-refractivity contribution in [3.8, 4) is 0 Å². The van der Waals surface area contributed by atoms with E-state index in [2.05, 4.69) is 97.1 Å². The van der Waals surface area contributed by atoms with Gasteiger partial charge in [-0.2, -0.15) is 0 Å². The number of hydrogen-bond acceptors (Lipinski definition) is 0. The van der Waals surface area contributed by atoms with Crippen LogP contribution in [0.5, 0.6) is 0 Å². The first kappa shape index (κ1) is 76.5. The van der Waals surface area contributed by atoms with Gasteiger partial charge in [0.05, 0.1) is 0 Å². The summed E-state index contributed by atoms with van der Waals surface area (Å²) in [6.45, 7) is 48.0. The Morgan fingerprint density at radius 3 is 0.268 bits per heavy atom. The summed E-state index contributed by atoms with van der Waals surface area (Å²) in [6, 6.07) is 57.4. The van der Waals surface area contributed by atoms with Gasteiger partial charge in [-0.25, -0.2) is 0 Å². The molecule has 324 valence electrons. The Labute approximate surface area is 356 Å². The molecule has 0 atom stereocenters. The summed E-state index contributed by atoms with van der Waals surface area (Å²) in [5.74, 6) is 0. The van der Waals surface area contributed by atoms with E-state index in [0.29, 0.717) is 0 Å². The van der Waals surface area contributed by atoms with Gasteiger partial charge in [0.1, 0.15) is 0 Å². The molecule has 0 bridgehead atoms. The van der Waals surface area contributed by atoms with Crippen LogP contribution in [-0.2, 0) is 0 Å². The third-order valence-electron chi connectivity index (χ3n) is 4.65. The summed E-state index contributed by atoms with van der Waals surface area (Å²) in [5.41, 5.74) is 0. The second kappa shape index (κ2) is 98.3. The highest BCUT2D eigenvalue weighted by Crippen LogP contribution is 2.12. The van der Waals surface area contributed by atoms with Crippen molar-refractivity contribution in [2.75, 3.05) is 0 Å². The molecule has 56 heavy (non-hydrogen) atoms. The molecule has 0 unspecified atom stereocenters. The molecule has 6 aromatic rings. The van der Waals surface area contributed by atoms with Crippen LogP contribution in [0.15, 0.2) is 170 Å². The van der Waals surface area contributed by atoms with Gasteiger partial charge >= 0.3 is 0 Å². The topological polar surface area (TPSA) is 0 Å². The summed E-state index contributed by atoms with van der Waals surface area (Å²) in [4.78, 5) is 0. The monoisotopic (exact) mass is 773 g/mol. The van der Waals surface area contributed by atoms with E-state index in [4.69, 9.17) is 0 Å². The fraction of sp³-hybridized carbons (Fsp3) is 0.429. The highest BCUT2D eigenvalue weighted by molar-refractivity contribution is 5.82. The maximum absolute atomic E-state index is 2.12. The van der Waals surface area contributed by atoms with E-state index in [1.165, 1.54) is 21.5 Å². The molecule has 0 saturated carbocycles. The Kier molecular flexibility index (Phi) is 134. The van der Waals surface area contributed by atoms with Gasteiger partial charge in [0, 0.05) is 0 Å². The SMILES string of the molecule is CC.CC.CC.CC.CC.CC.CC.CC.CC.CC.CC.CC.c1ccc2ccccc2c1.c1ccc2ccccc2c1.c1ccccc1.c1ccccc1. The Balaban J connectivity index is -0.0000000541. The predicted molar refractivity (Wildman–Crippen MR) is 277 cm³/mol. The lowest BCUT2D eigenvalue weighted by molar-refractivity contribution is 1.50. The van der Waals surface area contributed by atoms with Crippen LogP contribution in [0.2, 0.25) is 0 Å². The molecule has 0 N–H and O–H groups in total. The lowest BCUT2D eigenvalue weighted by Gasteiger charge is -1.92. The van der Waals surface area contributed by atoms with Crippen molar-refractivity contribution in [1.82, 2.24) is 0 Å². The van der Waals surface area contributed by atoms with E-state index in [1.807, 2.05) is 239 Å². The number of rotatable bonds is 0. The van der Waals surface area contributed by atoms with Crippen LogP contribution in [0.4, 0.5) is 0 Å². The number of benzene rings is 6. The Morgan fingerprint density at radius 2 is 0.196 bits per heavy atom. The Morgan fingerprint density at radius 1 is 0.125 bits per heavy atom. The van der Waals surface area contributed by atoms with Crippen molar-refractivity contribution >= 4 is 21.5 Å². The van der Waals surface area contributed by atoms with Crippen LogP contribution in [-0.4, -0.2) is 0 Å².